The predicted octanol–water partition coefficient (Wildman–Crippen LogP) is 3.43. The van der Waals surface area contributed by atoms with Crippen molar-refractivity contribution in [3.8, 4) is 0 Å². The fourth-order valence-electron chi connectivity index (χ4n) is 2.21. The number of carbonyl (C=O) groups excluding carboxylic acids is 1. The van der Waals surface area contributed by atoms with E-state index in [0.717, 1.165) is 17.3 Å². The molecular weight excluding hydrogens is 268 g/mol. The van der Waals surface area contributed by atoms with E-state index in [1.165, 1.54) is 12.5 Å². The van der Waals surface area contributed by atoms with E-state index in [1.54, 1.807) is 0 Å². The summed E-state index contributed by atoms with van der Waals surface area (Å²) in [6.07, 6.45) is 2.16. The molecule has 1 aliphatic carbocycles. The number of rotatable bonds is 3. The molecule has 0 aromatic heterocycles. The normalized spacial score (nSPS) is 18.9. The van der Waals surface area contributed by atoms with E-state index in [4.69, 9.17) is 4.74 Å². The van der Waals surface area contributed by atoms with Gasteiger partial charge in [0.15, 0.2) is 0 Å². The summed E-state index contributed by atoms with van der Waals surface area (Å²) >= 11 is 3.42. The second-order valence-corrected chi connectivity index (χ2v) is 5.33. The largest absolute Gasteiger partial charge is 0.462 e. The van der Waals surface area contributed by atoms with Crippen LogP contribution in [0.2, 0.25) is 0 Å². The summed E-state index contributed by atoms with van der Waals surface area (Å²) in [5, 5.41) is 0. The monoisotopic (exact) mass is 282 g/mol. The van der Waals surface area contributed by atoms with Gasteiger partial charge in [0.05, 0.1) is 0 Å². The number of ether oxygens (including phenoxy) is 1. The number of esters is 1. The van der Waals surface area contributed by atoms with Gasteiger partial charge in [-0.1, -0.05) is 28.1 Å². The van der Waals surface area contributed by atoms with Gasteiger partial charge in [0.1, 0.15) is 6.10 Å². The minimum Gasteiger partial charge on any atom is -0.462 e. The van der Waals surface area contributed by atoms with E-state index in [-0.39, 0.29) is 17.5 Å². The fourth-order valence-corrected chi connectivity index (χ4v) is 2.47. The first-order valence-corrected chi connectivity index (χ1v) is 6.27. The number of hydrogen-bond acceptors (Lipinski definition) is 2. The number of halogens is 1. The van der Waals surface area contributed by atoms with Crippen LogP contribution in [0.3, 0.4) is 0 Å². The zero-order chi connectivity index (χ0) is 11.8. The molecular formula is C13H15BrO2. The molecule has 1 aromatic rings. The van der Waals surface area contributed by atoms with Crippen molar-refractivity contribution in [3.05, 3.63) is 34.3 Å². The highest BCUT2D eigenvalue weighted by atomic mass is 79.9. The van der Waals surface area contributed by atoms with Crippen LogP contribution in [0.15, 0.2) is 28.7 Å². The summed E-state index contributed by atoms with van der Waals surface area (Å²) in [5.41, 5.74) is 1.33. The van der Waals surface area contributed by atoms with E-state index in [1.807, 2.05) is 19.1 Å². The molecule has 3 heteroatoms. The van der Waals surface area contributed by atoms with Gasteiger partial charge in [-0.3, -0.25) is 4.79 Å². The Labute approximate surface area is 104 Å². The van der Waals surface area contributed by atoms with Crippen molar-refractivity contribution in [1.82, 2.24) is 0 Å². The number of hydrogen-bond donors (Lipinski definition) is 0. The third-order valence-corrected chi connectivity index (χ3v) is 3.86. The summed E-state index contributed by atoms with van der Waals surface area (Å²) in [4.78, 5) is 11.0. The Kier molecular flexibility index (Phi) is 3.06. The summed E-state index contributed by atoms with van der Waals surface area (Å²) in [6.45, 7) is 3.45. The van der Waals surface area contributed by atoms with Gasteiger partial charge in [-0.2, -0.15) is 0 Å². The van der Waals surface area contributed by atoms with Crippen LogP contribution in [0.1, 0.15) is 32.3 Å². The van der Waals surface area contributed by atoms with Crippen molar-refractivity contribution in [3.63, 3.8) is 0 Å². The molecule has 0 radical (unpaired) electrons. The Bertz CT molecular complexity index is 393. The first-order chi connectivity index (χ1) is 7.54. The molecule has 0 amide bonds. The van der Waals surface area contributed by atoms with Gasteiger partial charge >= 0.3 is 5.97 Å². The lowest BCUT2D eigenvalue weighted by Crippen LogP contribution is -2.27. The molecule has 0 saturated heterocycles. The average Bonchev–Trinajstić information content (AvgIpc) is 2.98. The minimum absolute atomic E-state index is 0.0359. The zero-order valence-corrected chi connectivity index (χ0v) is 11.1. The lowest BCUT2D eigenvalue weighted by Gasteiger charge is -2.23. The lowest BCUT2D eigenvalue weighted by molar-refractivity contribution is -0.147. The van der Waals surface area contributed by atoms with Gasteiger partial charge in [0.25, 0.3) is 0 Å². The molecule has 1 unspecified atom stereocenters. The van der Waals surface area contributed by atoms with E-state index < -0.39 is 0 Å². The van der Waals surface area contributed by atoms with Crippen LogP contribution in [-0.4, -0.2) is 12.1 Å². The summed E-state index contributed by atoms with van der Waals surface area (Å²) in [6, 6.07) is 8.29. The smallest absolute Gasteiger partial charge is 0.302 e. The van der Waals surface area contributed by atoms with Gasteiger partial charge in [-0.05, 0) is 37.5 Å². The van der Waals surface area contributed by atoms with Crippen molar-refractivity contribution >= 4 is 21.9 Å². The Balaban J connectivity index is 2.19. The SMILES string of the molecule is CC(=O)OC(C)C1(c2ccc(Br)cc2)CC1. The summed E-state index contributed by atoms with van der Waals surface area (Å²) in [5.74, 6) is -0.198. The molecule has 1 aromatic carbocycles. The third kappa shape index (κ3) is 2.14. The van der Waals surface area contributed by atoms with Crippen LogP contribution in [0.25, 0.3) is 0 Å². The fraction of sp³-hybridized carbons (Fsp3) is 0.462. The van der Waals surface area contributed by atoms with Crippen molar-refractivity contribution in [2.45, 2.75) is 38.2 Å². The standard InChI is InChI=1S/C13H15BrO2/c1-9(16-10(2)15)13(7-8-13)11-3-5-12(14)6-4-11/h3-6,9H,7-8H2,1-2H3. The molecule has 0 aliphatic heterocycles. The van der Waals surface area contributed by atoms with Crippen LogP contribution in [0.5, 0.6) is 0 Å². The van der Waals surface area contributed by atoms with E-state index in [0.29, 0.717) is 0 Å². The molecule has 0 spiro atoms. The molecule has 16 heavy (non-hydrogen) atoms. The van der Waals surface area contributed by atoms with Crippen molar-refractivity contribution in [2.24, 2.45) is 0 Å². The van der Waals surface area contributed by atoms with Crippen LogP contribution in [0.4, 0.5) is 0 Å². The highest BCUT2D eigenvalue weighted by molar-refractivity contribution is 9.10. The second kappa shape index (κ2) is 4.21. The highest BCUT2D eigenvalue weighted by Crippen LogP contribution is 2.52. The van der Waals surface area contributed by atoms with Crippen LogP contribution in [-0.2, 0) is 14.9 Å². The van der Waals surface area contributed by atoms with Gasteiger partial charge < -0.3 is 4.74 Å². The molecule has 1 aliphatic rings. The van der Waals surface area contributed by atoms with Crippen molar-refractivity contribution in [2.75, 3.05) is 0 Å². The van der Waals surface area contributed by atoms with Crippen molar-refractivity contribution < 1.29 is 9.53 Å². The molecule has 1 fully saturated rings. The predicted molar refractivity (Wildman–Crippen MR) is 66.3 cm³/mol. The van der Waals surface area contributed by atoms with Gasteiger partial charge in [0.2, 0.25) is 0 Å². The molecule has 2 nitrogen and oxygen atoms in total. The highest BCUT2D eigenvalue weighted by Gasteiger charge is 2.50. The molecule has 0 bridgehead atoms. The maximum absolute atomic E-state index is 11.0. The van der Waals surface area contributed by atoms with Gasteiger partial charge in [-0.15, -0.1) is 0 Å². The third-order valence-electron chi connectivity index (χ3n) is 3.33. The topological polar surface area (TPSA) is 26.3 Å². The van der Waals surface area contributed by atoms with E-state index in [9.17, 15) is 4.79 Å². The average molecular weight is 283 g/mol. The quantitative estimate of drug-likeness (QED) is 0.794. The summed E-state index contributed by atoms with van der Waals surface area (Å²) in [7, 11) is 0. The Hall–Kier alpha value is -0.830. The minimum atomic E-state index is -0.198. The lowest BCUT2D eigenvalue weighted by atomic mass is 9.91. The Morgan fingerprint density at radius 3 is 2.38 bits per heavy atom. The van der Waals surface area contributed by atoms with Gasteiger partial charge in [0, 0.05) is 16.8 Å². The zero-order valence-electron chi connectivity index (χ0n) is 9.50. The first-order valence-electron chi connectivity index (χ1n) is 5.48. The molecule has 1 saturated carbocycles. The molecule has 86 valence electrons. The number of benzene rings is 1. The summed E-state index contributed by atoms with van der Waals surface area (Å²) < 4.78 is 6.39. The van der Waals surface area contributed by atoms with Crippen LogP contribution < -0.4 is 0 Å². The second-order valence-electron chi connectivity index (χ2n) is 4.41. The Morgan fingerprint density at radius 1 is 1.38 bits per heavy atom. The maximum Gasteiger partial charge on any atom is 0.302 e. The van der Waals surface area contributed by atoms with Crippen LogP contribution >= 0.6 is 15.9 Å². The number of carbonyl (C=O) groups is 1. The van der Waals surface area contributed by atoms with Crippen molar-refractivity contribution in [1.29, 1.82) is 0 Å². The Morgan fingerprint density at radius 2 is 1.94 bits per heavy atom. The molecule has 0 heterocycles. The first kappa shape index (κ1) is 11.6. The van der Waals surface area contributed by atoms with E-state index >= 15 is 0 Å². The molecule has 0 N–H and O–H groups in total. The molecule has 1 atom stereocenters. The van der Waals surface area contributed by atoms with E-state index in [2.05, 4.69) is 28.1 Å². The van der Waals surface area contributed by atoms with Crippen LogP contribution in [0, 0.1) is 0 Å². The van der Waals surface area contributed by atoms with Gasteiger partial charge in [-0.25, -0.2) is 0 Å². The maximum atomic E-state index is 11.0. The molecule has 2 rings (SSSR count).